The second-order valence-electron chi connectivity index (χ2n) is 5.82. The summed E-state index contributed by atoms with van der Waals surface area (Å²) in [5.41, 5.74) is 1.59. The molecule has 0 aliphatic heterocycles. The highest BCUT2D eigenvalue weighted by atomic mass is 16.5. The normalized spacial score (nSPS) is 15.4. The van der Waals surface area contributed by atoms with Gasteiger partial charge in [0.1, 0.15) is 12.4 Å². The second-order valence-corrected chi connectivity index (χ2v) is 5.82. The topological polar surface area (TPSA) is 29.5 Å². The molecule has 0 fully saturated rings. The quantitative estimate of drug-likeness (QED) is 0.865. The van der Waals surface area contributed by atoms with Crippen molar-refractivity contribution in [2.45, 2.75) is 46.6 Å². The van der Waals surface area contributed by atoms with Crippen LogP contribution in [0.5, 0.6) is 5.75 Å². The maximum atomic E-state index is 9.14. The molecule has 0 heterocycles. The highest BCUT2D eigenvalue weighted by Gasteiger charge is 2.21. The molecule has 0 saturated heterocycles. The molecular formula is C15H24O2. The van der Waals surface area contributed by atoms with Gasteiger partial charge in [0.2, 0.25) is 0 Å². The van der Waals surface area contributed by atoms with E-state index < -0.39 is 6.10 Å². The minimum Gasteiger partial charge on any atom is -0.491 e. The monoisotopic (exact) mass is 236 g/mol. The van der Waals surface area contributed by atoms with Gasteiger partial charge in [0.05, 0.1) is 6.10 Å². The smallest absolute Gasteiger partial charge is 0.119 e. The molecule has 0 bridgehead atoms. The van der Waals surface area contributed by atoms with Gasteiger partial charge in [0.15, 0.2) is 0 Å². The van der Waals surface area contributed by atoms with Crippen molar-refractivity contribution in [1.29, 1.82) is 0 Å². The first-order valence-corrected chi connectivity index (χ1v) is 6.21. The Balaban J connectivity index is 2.68. The van der Waals surface area contributed by atoms with Crippen LogP contribution in [0.3, 0.4) is 0 Å². The van der Waals surface area contributed by atoms with Crippen molar-refractivity contribution in [3.8, 4) is 5.75 Å². The van der Waals surface area contributed by atoms with Crippen molar-refractivity contribution in [2.24, 2.45) is 5.41 Å². The molecule has 0 spiro atoms. The molecule has 2 heteroatoms. The summed E-state index contributed by atoms with van der Waals surface area (Å²) in [4.78, 5) is 0. The summed E-state index contributed by atoms with van der Waals surface area (Å²) < 4.78 is 5.44. The van der Waals surface area contributed by atoms with Crippen LogP contribution in [0.1, 0.15) is 46.1 Å². The van der Waals surface area contributed by atoms with Gasteiger partial charge in [-0.15, -0.1) is 0 Å². The number of hydrogen-bond donors (Lipinski definition) is 1. The van der Waals surface area contributed by atoms with Crippen LogP contribution in [-0.4, -0.2) is 17.8 Å². The lowest BCUT2D eigenvalue weighted by Gasteiger charge is -2.27. The predicted octanol–water partition coefficient (Wildman–Crippen LogP) is 3.60. The molecule has 0 aliphatic carbocycles. The zero-order chi connectivity index (χ0) is 13.1. The molecule has 1 unspecified atom stereocenters. The van der Waals surface area contributed by atoms with Crippen molar-refractivity contribution in [3.05, 3.63) is 29.8 Å². The molecule has 0 amide bonds. The standard InChI is InChI=1S/C15H24O2/c1-11(16)10-17-14-8-6-13(7-9-14)12(2)15(3,4)5/h6-9,11-12,16H,10H2,1-5H3/t11-,12?/m1/s1. The average molecular weight is 236 g/mol. The molecule has 0 radical (unpaired) electrons. The van der Waals surface area contributed by atoms with Crippen molar-refractivity contribution in [1.82, 2.24) is 0 Å². The molecule has 96 valence electrons. The minimum atomic E-state index is -0.428. The number of hydrogen-bond acceptors (Lipinski definition) is 2. The summed E-state index contributed by atoms with van der Waals surface area (Å²) in [6, 6.07) is 8.15. The van der Waals surface area contributed by atoms with Crippen LogP contribution in [0.4, 0.5) is 0 Å². The number of aliphatic hydroxyl groups excluding tert-OH is 1. The fraction of sp³-hybridized carbons (Fsp3) is 0.600. The first-order chi connectivity index (χ1) is 7.80. The summed E-state index contributed by atoms with van der Waals surface area (Å²) in [7, 11) is 0. The molecular weight excluding hydrogens is 212 g/mol. The Kier molecular flexibility index (Phi) is 4.58. The van der Waals surface area contributed by atoms with Gasteiger partial charge in [0.25, 0.3) is 0 Å². The third-order valence-corrected chi connectivity index (χ3v) is 3.17. The van der Waals surface area contributed by atoms with Gasteiger partial charge in [-0.25, -0.2) is 0 Å². The summed E-state index contributed by atoms with van der Waals surface area (Å²) in [5, 5.41) is 9.14. The van der Waals surface area contributed by atoms with Crippen LogP contribution in [0.25, 0.3) is 0 Å². The van der Waals surface area contributed by atoms with Gasteiger partial charge >= 0.3 is 0 Å². The maximum Gasteiger partial charge on any atom is 0.119 e. The number of ether oxygens (including phenoxy) is 1. The van der Waals surface area contributed by atoms with E-state index in [-0.39, 0.29) is 5.41 Å². The van der Waals surface area contributed by atoms with Gasteiger partial charge in [-0.05, 0) is 36.0 Å². The predicted molar refractivity (Wildman–Crippen MR) is 71.5 cm³/mol. The fourth-order valence-corrected chi connectivity index (χ4v) is 1.57. The molecule has 0 saturated carbocycles. The lowest BCUT2D eigenvalue weighted by Crippen LogP contribution is -2.15. The van der Waals surface area contributed by atoms with E-state index in [1.54, 1.807) is 6.92 Å². The van der Waals surface area contributed by atoms with Gasteiger partial charge < -0.3 is 9.84 Å². The molecule has 1 N–H and O–H groups in total. The van der Waals surface area contributed by atoms with Gasteiger partial charge in [-0.1, -0.05) is 39.8 Å². The Morgan fingerprint density at radius 1 is 1.12 bits per heavy atom. The summed E-state index contributed by atoms with van der Waals surface area (Å²) >= 11 is 0. The first kappa shape index (κ1) is 14.0. The van der Waals surface area contributed by atoms with E-state index in [9.17, 15) is 0 Å². The van der Waals surface area contributed by atoms with E-state index in [4.69, 9.17) is 9.84 Å². The molecule has 2 nitrogen and oxygen atoms in total. The maximum absolute atomic E-state index is 9.14. The van der Waals surface area contributed by atoms with Crippen LogP contribution in [0, 0.1) is 5.41 Å². The molecule has 1 aromatic rings. The van der Waals surface area contributed by atoms with Crippen LogP contribution < -0.4 is 4.74 Å². The van der Waals surface area contributed by atoms with Crippen LogP contribution >= 0.6 is 0 Å². The zero-order valence-electron chi connectivity index (χ0n) is 11.5. The molecule has 0 aliphatic rings. The Hall–Kier alpha value is -1.02. The van der Waals surface area contributed by atoms with E-state index >= 15 is 0 Å². The van der Waals surface area contributed by atoms with Crippen molar-refractivity contribution >= 4 is 0 Å². The van der Waals surface area contributed by atoms with Gasteiger partial charge in [0, 0.05) is 0 Å². The largest absolute Gasteiger partial charge is 0.491 e. The van der Waals surface area contributed by atoms with Crippen molar-refractivity contribution in [2.75, 3.05) is 6.61 Å². The fourth-order valence-electron chi connectivity index (χ4n) is 1.57. The summed E-state index contributed by atoms with van der Waals surface area (Å²) in [5.74, 6) is 1.32. The van der Waals surface area contributed by atoms with E-state index in [0.717, 1.165) is 5.75 Å². The van der Waals surface area contributed by atoms with E-state index in [1.807, 2.05) is 12.1 Å². The van der Waals surface area contributed by atoms with E-state index in [2.05, 4.69) is 39.8 Å². The van der Waals surface area contributed by atoms with Crippen LogP contribution in [-0.2, 0) is 0 Å². The third kappa shape index (κ3) is 4.39. The zero-order valence-corrected chi connectivity index (χ0v) is 11.5. The van der Waals surface area contributed by atoms with Gasteiger partial charge in [-0.2, -0.15) is 0 Å². The molecule has 1 rings (SSSR count). The minimum absolute atomic E-state index is 0.266. The Morgan fingerprint density at radius 2 is 1.65 bits per heavy atom. The van der Waals surface area contributed by atoms with Crippen LogP contribution in [0.2, 0.25) is 0 Å². The number of rotatable bonds is 4. The SMILES string of the molecule is CC(c1ccc(OC[C@@H](C)O)cc1)C(C)(C)C. The van der Waals surface area contributed by atoms with E-state index in [1.165, 1.54) is 5.56 Å². The third-order valence-electron chi connectivity index (χ3n) is 3.17. The van der Waals surface area contributed by atoms with Gasteiger partial charge in [-0.3, -0.25) is 0 Å². The van der Waals surface area contributed by atoms with Crippen molar-refractivity contribution < 1.29 is 9.84 Å². The Labute approximate surface area is 105 Å². The summed E-state index contributed by atoms with van der Waals surface area (Å²) in [6.45, 7) is 11.0. The van der Waals surface area contributed by atoms with Crippen LogP contribution in [0.15, 0.2) is 24.3 Å². The number of aliphatic hydroxyl groups is 1. The highest BCUT2D eigenvalue weighted by molar-refractivity contribution is 5.30. The molecule has 2 atom stereocenters. The lowest BCUT2D eigenvalue weighted by atomic mass is 9.78. The summed E-state index contributed by atoms with van der Waals surface area (Å²) in [6.07, 6.45) is -0.428. The molecule has 17 heavy (non-hydrogen) atoms. The molecule has 0 aromatic heterocycles. The average Bonchev–Trinajstić information content (AvgIpc) is 2.25. The number of benzene rings is 1. The van der Waals surface area contributed by atoms with E-state index in [0.29, 0.717) is 12.5 Å². The molecule has 1 aromatic carbocycles. The van der Waals surface area contributed by atoms with Crippen molar-refractivity contribution in [3.63, 3.8) is 0 Å². The Bertz CT molecular complexity index is 333. The first-order valence-electron chi connectivity index (χ1n) is 6.21. The Morgan fingerprint density at radius 3 is 2.06 bits per heavy atom. The second kappa shape index (κ2) is 5.54. The lowest BCUT2D eigenvalue weighted by molar-refractivity contribution is 0.122. The highest BCUT2D eigenvalue weighted by Crippen LogP contribution is 2.34.